The van der Waals surface area contributed by atoms with Gasteiger partial charge in [-0.25, -0.2) is 13.6 Å². The molecule has 0 amide bonds. The summed E-state index contributed by atoms with van der Waals surface area (Å²) in [5.74, 6) is -2.26. The highest BCUT2D eigenvalue weighted by atomic mass is 35.5. The smallest absolute Gasteiger partial charge is 0.343 e. The number of rotatable bonds is 2. The molecule has 0 spiro atoms. The molecule has 7 heteroatoms. The number of nitrogens with zero attached hydrogens (tertiary/aromatic N) is 1. The van der Waals surface area contributed by atoms with Gasteiger partial charge in [0, 0.05) is 22.7 Å². The number of benzene rings is 2. The van der Waals surface area contributed by atoms with Crippen molar-refractivity contribution in [3.05, 3.63) is 75.0 Å². The van der Waals surface area contributed by atoms with E-state index in [9.17, 15) is 18.4 Å². The summed E-state index contributed by atoms with van der Waals surface area (Å²) < 4.78 is 33.5. The van der Waals surface area contributed by atoms with Gasteiger partial charge >= 0.3 is 5.97 Å². The molecule has 0 radical (unpaired) electrons. The van der Waals surface area contributed by atoms with Crippen LogP contribution in [0, 0.1) is 11.6 Å². The lowest BCUT2D eigenvalue weighted by Crippen LogP contribution is -2.20. The number of aromatic nitrogens is 1. The van der Waals surface area contributed by atoms with Crippen LogP contribution in [0.5, 0.6) is 0 Å². The average Bonchev–Trinajstić information content (AvgIpc) is 2.57. The number of fused-ring (bicyclic) bond motifs is 1. The summed E-state index contributed by atoms with van der Waals surface area (Å²) in [6.45, 7) is 0. The summed E-state index contributed by atoms with van der Waals surface area (Å²) in [6, 6.07) is 7.26. The summed E-state index contributed by atoms with van der Waals surface area (Å²) in [5, 5.41) is 0.363. The van der Waals surface area contributed by atoms with Crippen molar-refractivity contribution in [1.29, 1.82) is 0 Å². The molecule has 0 atom stereocenters. The third kappa shape index (κ3) is 2.65. The van der Waals surface area contributed by atoms with Crippen molar-refractivity contribution in [2.24, 2.45) is 0 Å². The number of carbonyl (C=O) groups is 1. The van der Waals surface area contributed by atoms with Crippen LogP contribution in [-0.2, 0) is 4.74 Å². The molecule has 0 aliphatic rings. The van der Waals surface area contributed by atoms with Gasteiger partial charge in [0.1, 0.15) is 17.2 Å². The topological polar surface area (TPSA) is 48.3 Å². The Kier molecular flexibility index (Phi) is 4.07. The molecule has 0 N–H and O–H groups in total. The van der Waals surface area contributed by atoms with E-state index in [1.165, 1.54) is 22.8 Å². The highest BCUT2D eigenvalue weighted by Crippen LogP contribution is 2.23. The minimum atomic E-state index is -0.882. The van der Waals surface area contributed by atoms with E-state index < -0.39 is 23.0 Å². The van der Waals surface area contributed by atoms with Crippen molar-refractivity contribution in [2.75, 3.05) is 7.11 Å². The number of pyridine rings is 1. The molecule has 122 valence electrons. The van der Waals surface area contributed by atoms with Crippen molar-refractivity contribution >= 4 is 28.5 Å². The van der Waals surface area contributed by atoms with Gasteiger partial charge in [0.2, 0.25) is 5.43 Å². The van der Waals surface area contributed by atoms with E-state index in [1.54, 1.807) is 0 Å². The standard InChI is InChI=1S/C17H10ClF2NO3/c1-24-17(23)12-8-21(15-7-10(19)3-4-13(15)20)14-5-2-9(18)6-11(14)16(12)22/h2-8H,1H3. The Hall–Kier alpha value is -2.73. The van der Waals surface area contributed by atoms with E-state index in [4.69, 9.17) is 11.6 Å². The minimum absolute atomic E-state index is 0.0917. The Labute approximate surface area is 139 Å². The maximum atomic E-state index is 14.2. The molecule has 0 saturated heterocycles. The molecule has 4 nitrogen and oxygen atoms in total. The fraction of sp³-hybridized carbons (Fsp3) is 0.0588. The lowest BCUT2D eigenvalue weighted by atomic mass is 10.1. The summed E-state index contributed by atoms with van der Waals surface area (Å²) >= 11 is 5.91. The molecule has 0 unspecified atom stereocenters. The predicted molar refractivity (Wildman–Crippen MR) is 85.8 cm³/mol. The first-order chi connectivity index (χ1) is 11.4. The Morgan fingerprint density at radius 3 is 2.62 bits per heavy atom. The van der Waals surface area contributed by atoms with Crippen LogP contribution < -0.4 is 5.43 Å². The number of ether oxygens (including phenoxy) is 1. The zero-order chi connectivity index (χ0) is 17.4. The second kappa shape index (κ2) is 6.05. The van der Waals surface area contributed by atoms with Gasteiger partial charge in [0.05, 0.1) is 18.3 Å². The normalized spacial score (nSPS) is 10.8. The number of carbonyl (C=O) groups excluding carboxylic acids is 1. The summed E-state index contributed by atoms with van der Waals surface area (Å²) in [6.07, 6.45) is 1.13. The molecular formula is C17H10ClF2NO3. The van der Waals surface area contributed by atoms with Crippen LogP contribution in [0.4, 0.5) is 8.78 Å². The van der Waals surface area contributed by atoms with Crippen LogP contribution in [-0.4, -0.2) is 17.6 Å². The zero-order valence-corrected chi connectivity index (χ0v) is 13.1. The van der Waals surface area contributed by atoms with Gasteiger partial charge in [-0.15, -0.1) is 0 Å². The number of hydrogen-bond acceptors (Lipinski definition) is 3. The van der Waals surface area contributed by atoms with Crippen molar-refractivity contribution in [2.45, 2.75) is 0 Å². The van der Waals surface area contributed by atoms with Gasteiger partial charge in [-0.2, -0.15) is 0 Å². The quantitative estimate of drug-likeness (QED) is 0.663. The number of esters is 1. The fourth-order valence-corrected chi connectivity index (χ4v) is 2.60. The van der Waals surface area contributed by atoms with Crippen molar-refractivity contribution in [3.63, 3.8) is 0 Å². The molecular weight excluding hydrogens is 340 g/mol. The van der Waals surface area contributed by atoms with Crippen LogP contribution in [0.3, 0.4) is 0 Å². The summed E-state index contributed by atoms with van der Waals surface area (Å²) in [5.41, 5.74) is -0.780. The van der Waals surface area contributed by atoms with Gasteiger partial charge in [-0.1, -0.05) is 11.6 Å². The van der Waals surface area contributed by atoms with Crippen molar-refractivity contribution < 1.29 is 18.3 Å². The molecule has 0 aliphatic carbocycles. The van der Waals surface area contributed by atoms with E-state index >= 15 is 0 Å². The average molecular weight is 350 g/mol. The molecule has 24 heavy (non-hydrogen) atoms. The van der Waals surface area contributed by atoms with Gasteiger partial charge in [-0.3, -0.25) is 4.79 Å². The van der Waals surface area contributed by atoms with E-state index in [-0.39, 0.29) is 27.2 Å². The Bertz CT molecular complexity index is 1030. The zero-order valence-electron chi connectivity index (χ0n) is 12.3. The van der Waals surface area contributed by atoms with E-state index in [2.05, 4.69) is 4.74 Å². The molecule has 1 heterocycles. The van der Waals surface area contributed by atoms with Gasteiger partial charge < -0.3 is 9.30 Å². The highest BCUT2D eigenvalue weighted by molar-refractivity contribution is 6.31. The Balaban J connectivity index is 2.47. The highest BCUT2D eigenvalue weighted by Gasteiger charge is 2.18. The van der Waals surface area contributed by atoms with E-state index in [1.807, 2.05) is 0 Å². The molecule has 3 aromatic rings. The van der Waals surface area contributed by atoms with Crippen molar-refractivity contribution in [3.8, 4) is 5.69 Å². The second-order valence-electron chi connectivity index (χ2n) is 4.99. The summed E-state index contributed by atoms with van der Waals surface area (Å²) in [7, 11) is 1.12. The van der Waals surface area contributed by atoms with Gasteiger partial charge in [0.25, 0.3) is 0 Å². The van der Waals surface area contributed by atoms with Crippen LogP contribution in [0.25, 0.3) is 16.6 Å². The fourth-order valence-electron chi connectivity index (χ4n) is 2.43. The Morgan fingerprint density at radius 1 is 1.17 bits per heavy atom. The second-order valence-corrected chi connectivity index (χ2v) is 5.43. The molecule has 0 saturated carbocycles. The molecule has 0 fully saturated rings. The summed E-state index contributed by atoms with van der Waals surface area (Å²) in [4.78, 5) is 24.3. The maximum absolute atomic E-state index is 14.2. The first kappa shape index (κ1) is 16.1. The van der Waals surface area contributed by atoms with E-state index in [0.29, 0.717) is 0 Å². The third-order valence-electron chi connectivity index (χ3n) is 3.54. The van der Waals surface area contributed by atoms with Gasteiger partial charge in [0.15, 0.2) is 0 Å². The first-order valence-electron chi connectivity index (χ1n) is 6.81. The van der Waals surface area contributed by atoms with Crippen molar-refractivity contribution in [1.82, 2.24) is 4.57 Å². The lowest BCUT2D eigenvalue weighted by molar-refractivity contribution is 0.0599. The predicted octanol–water partition coefficient (Wildman–Crippen LogP) is 3.71. The van der Waals surface area contributed by atoms with Crippen LogP contribution >= 0.6 is 11.6 Å². The molecule has 3 rings (SSSR count). The maximum Gasteiger partial charge on any atom is 0.343 e. The number of halogens is 3. The first-order valence-corrected chi connectivity index (χ1v) is 7.19. The molecule has 0 aliphatic heterocycles. The number of methoxy groups -OCH3 is 1. The van der Waals surface area contributed by atoms with E-state index in [0.717, 1.165) is 31.5 Å². The lowest BCUT2D eigenvalue weighted by Gasteiger charge is -2.14. The largest absolute Gasteiger partial charge is 0.465 e. The monoisotopic (exact) mass is 349 g/mol. The van der Waals surface area contributed by atoms with Crippen LogP contribution in [0.15, 0.2) is 47.4 Å². The Morgan fingerprint density at radius 2 is 1.92 bits per heavy atom. The molecule has 2 aromatic carbocycles. The third-order valence-corrected chi connectivity index (χ3v) is 3.77. The van der Waals surface area contributed by atoms with Gasteiger partial charge in [-0.05, 0) is 30.3 Å². The number of hydrogen-bond donors (Lipinski definition) is 0. The molecule has 0 bridgehead atoms. The minimum Gasteiger partial charge on any atom is -0.465 e. The molecule has 1 aromatic heterocycles. The SMILES string of the molecule is COC(=O)c1cn(-c2cc(F)ccc2F)c2ccc(Cl)cc2c1=O. The van der Waals surface area contributed by atoms with Crippen LogP contribution in [0.1, 0.15) is 10.4 Å². The van der Waals surface area contributed by atoms with Crippen LogP contribution in [0.2, 0.25) is 5.02 Å².